The average molecular weight is 225 g/mol. The van der Waals surface area contributed by atoms with Crippen molar-refractivity contribution in [2.75, 3.05) is 19.6 Å². The van der Waals surface area contributed by atoms with Gasteiger partial charge in [0, 0.05) is 25.7 Å². The Hall–Kier alpha value is -0.770. The number of urea groups is 1. The summed E-state index contributed by atoms with van der Waals surface area (Å²) in [5, 5.41) is 3.08. The zero-order valence-electron chi connectivity index (χ0n) is 10.1. The summed E-state index contributed by atoms with van der Waals surface area (Å²) >= 11 is 0. The third-order valence-electron chi connectivity index (χ3n) is 3.70. The van der Waals surface area contributed by atoms with E-state index in [9.17, 15) is 4.79 Å². The quantitative estimate of drug-likeness (QED) is 0.757. The van der Waals surface area contributed by atoms with Gasteiger partial charge in [0.25, 0.3) is 0 Å². The second kappa shape index (κ2) is 5.04. The van der Waals surface area contributed by atoms with Crippen molar-refractivity contribution in [1.29, 1.82) is 0 Å². The Balaban J connectivity index is 1.81. The van der Waals surface area contributed by atoms with Gasteiger partial charge in [-0.25, -0.2) is 4.79 Å². The summed E-state index contributed by atoms with van der Waals surface area (Å²) in [5.41, 5.74) is 5.69. The van der Waals surface area contributed by atoms with Gasteiger partial charge in [0.2, 0.25) is 0 Å². The lowest BCUT2D eigenvalue weighted by molar-refractivity contribution is 0.165. The first-order chi connectivity index (χ1) is 7.70. The van der Waals surface area contributed by atoms with Gasteiger partial charge in [-0.3, -0.25) is 0 Å². The van der Waals surface area contributed by atoms with E-state index in [0.29, 0.717) is 18.4 Å². The SMILES string of the molecule is CC1CCCN(C(=O)NC(CN)C2CC2)C1. The number of amides is 2. The zero-order valence-corrected chi connectivity index (χ0v) is 10.1. The van der Waals surface area contributed by atoms with E-state index in [2.05, 4.69) is 12.2 Å². The number of carbonyl (C=O) groups is 1. The molecule has 1 saturated heterocycles. The minimum atomic E-state index is 0.0916. The predicted molar refractivity (Wildman–Crippen MR) is 64.1 cm³/mol. The fourth-order valence-electron chi connectivity index (χ4n) is 2.49. The lowest BCUT2D eigenvalue weighted by Gasteiger charge is -2.32. The molecule has 0 aromatic rings. The van der Waals surface area contributed by atoms with Crippen LogP contribution in [-0.4, -0.2) is 36.6 Å². The van der Waals surface area contributed by atoms with E-state index in [-0.39, 0.29) is 12.1 Å². The van der Waals surface area contributed by atoms with Crippen molar-refractivity contribution in [3.05, 3.63) is 0 Å². The van der Waals surface area contributed by atoms with Crippen LogP contribution in [0.2, 0.25) is 0 Å². The van der Waals surface area contributed by atoms with Crippen molar-refractivity contribution in [1.82, 2.24) is 10.2 Å². The first-order valence-corrected chi connectivity index (χ1v) is 6.46. The molecule has 4 heteroatoms. The summed E-state index contributed by atoms with van der Waals surface area (Å²) < 4.78 is 0. The average Bonchev–Trinajstić information content (AvgIpc) is 3.09. The minimum absolute atomic E-state index is 0.0916. The fraction of sp³-hybridized carbons (Fsp3) is 0.917. The third-order valence-corrected chi connectivity index (χ3v) is 3.70. The molecule has 2 rings (SSSR count). The maximum Gasteiger partial charge on any atom is 0.317 e. The van der Waals surface area contributed by atoms with Crippen LogP contribution in [-0.2, 0) is 0 Å². The monoisotopic (exact) mass is 225 g/mol. The highest BCUT2D eigenvalue weighted by atomic mass is 16.2. The number of hydrogen-bond acceptors (Lipinski definition) is 2. The molecule has 0 radical (unpaired) electrons. The van der Waals surface area contributed by atoms with E-state index in [0.717, 1.165) is 19.5 Å². The Kier molecular flexibility index (Phi) is 3.69. The number of nitrogens with zero attached hydrogens (tertiary/aromatic N) is 1. The van der Waals surface area contributed by atoms with E-state index >= 15 is 0 Å². The van der Waals surface area contributed by atoms with Crippen LogP contribution in [0.3, 0.4) is 0 Å². The molecule has 3 N–H and O–H groups in total. The first-order valence-electron chi connectivity index (χ1n) is 6.46. The number of hydrogen-bond donors (Lipinski definition) is 2. The van der Waals surface area contributed by atoms with Crippen LogP contribution in [0.1, 0.15) is 32.6 Å². The minimum Gasteiger partial charge on any atom is -0.334 e. The molecule has 1 heterocycles. The molecular weight excluding hydrogens is 202 g/mol. The summed E-state index contributed by atoms with van der Waals surface area (Å²) in [5.74, 6) is 1.27. The van der Waals surface area contributed by atoms with Gasteiger partial charge >= 0.3 is 6.03 Å². The van der Waals surface area contributed by atoms with Crippen LogP contribution in [0.15, 0.2) is 0 Å². The molecule has 0 aromatic carbocycles. The second-order valence-corrected chi connectivity index (χ2v) is 5.32. The molecule has 2 atom stereocenters. The number of piperidine rings is 1. The molecule has 92 valence electrons. The molecule has 0 aromatic heterocycles. The van der Waals surface area contributed by atoms with Crippen LogP contribution in [0.25, 0.3) is 0 Å². The normalized spacial score (nSPS) is 27.6. The van der Waals surface area contributed by atoms with Crippen molar-refractivity contribution >= 4 is 6.03 Å². The highest BCUT2D eigenvalue weighted by Crippen LogP contribution is 2.32. The second-order valence-electron chi connectivity index (χ2n) is 5.32. The topological polar surface area (TPSA) is 58.4 Å². The molecule has 4 nitrogen and oxygen atoms in total. The van der Waals surface area contributed by atoms with Crippen LogP contribution in [0.4, 0.5) is 4.79 Å². The van der Waals surface area contributed by atoms with Gasteiger partial charge in [-0.1, -0.05) is 6.92 Å². The maximum absolute atomic E-state index is 12.0. The number of nitrogens with two attached hydrogens (primary N) is 1. The summed E-state index contributed by atoms with van der Waals surface area (Å²) in [6, 6.07) is 0.290. The molecule has 2 unspecified atom stereocenters. The largest absolute Gasteiger partial charge is 0.334 e. The number of nitrogens with one attached hydrogen (secondary N) is 1. The highest BCUT2D eigenvalue weighted by Gasteiger charge is 2.32. The van der Waals surface area contributed by atoms with Gasteiger partial charge < -0.3 is 16.0 Å². The molecule has 0 spiro atoms. The molecule has 1 aliphatic heterocycles. The summed E-state index contributed by atoms with van der Waals surface area (Å²) in [6.45, 7) is 4.58. The molecule has 0 bridgehead atoms. The van der Waals surface area contributed by atoms with E-state index in [1.54, 1.807) is 0 Å². The van der Waals surface area contributed by atoms with E-state index in [1.165, 1.54) is 19.3 Å². The van der Waals surface area contributed by atoms with Crippen LogP contribution < -0.4 is 11.1 Å². The Bertz CT molecular complexity index is 253. The van der Waals surface area contributed by atoms with E-state index < -0.39 is 0 Å². The molecule has 16 heavy (non-hydrogen) atoms. The molecule has 1 saturated carbocycles. The summed E-state index contributed by atoms with van der Waals surface area (Å²) in [6.07, 6.45) is 4.81. The van der Waals surface area contributed by atoms with Crippen molar-refractivity contribution < 1.29 is 4.79 Å². The standard InChI is InChI=1S/C12H23N3O/c1-9-3-2-6-15(8-9)12(16)14-11(7-13)10-4-5-10/h9-11H,2-8,13H2,1H3,(H,14,16). The van der Waals surface area contributed by atoms with Crippen LogP contribution in [0.5, 0.6) is 0 Å². The van der Waals surface area contributed by atoms with Crippen LogP contribution >= 0.6 is 0 Å². The van der Waals surface area contributed by atoms with E-state index in [4.69, 9.17) is 5.73 Å². The Morgan fingerprint density at radius 2 is 2.25 bits per heavy atom. The lowest BCUT2D eigenvalue weighted by Crippen LogP contribution is -2.50. The van der Waals surface area contributed by atoms with E-state index in [1.807, 2.05) is 4.90 Å². The van der Waals surface area contributed by atoms with Gasteiger partial charge in [0.15, 0.2) is 0 Å². The summed E-state index contributed by atoms with van der Waals surface area (Å²) in [7, 11) is 0. The van der Waals surface area contributed by atoms with Crippen molar-refractivity contribution in [2.24, 2.45) is 17.6 Å². The molecule has 2 aliphatic rings. The predicted octanol–water partition coefficient (Wildman–Crippen LogP) is 1.17. The van der Waals surface area contributed by atoms with Gasteiger partial charge in [-0.05, 0) is 37.5 Å². The first kappa shape index (κ1) is 11.7. The highest BCUT2D eigenvalue weighted by molar-refractivity contribution is 5.74. The van der Waals surface area contributed by atoms with Crippen molar-refractivity contribution in [2.45, 2.75) is 38.6 Å². The fourth-order valence-corrected chi connectivity index (χ4v) is 2.49. The Morgan fingerprint density at radius 3 is 2.81 bits per heavy atom. The Labute approximate surface area is 97.6 Å². The molecule has 2 amide bonds. The number of carbonyl (C=O) groups excluding carboxylic acids is 1. The van der Waals surface area contributed by atoms with Gasteiger partial charge in [0.1, 0.15) is 0 Å². The lowest BCUT2D eigenvalue weighted by atomic mass is 10.0. The number of rotatable bonds is 3. The van der Waals surface area contributed by atoms with Gasteiger partial charge in [-0.15, -0.1) is 0 Å². The van der Waals surface area contributed by atoms with Crippen LogP contribution in [0, 0.1) is 11.8 Å². The van der Waals surface area contributed by atoms with Gasteiger partial charge in [-0.2, -0.15) is 0 Å². The summed E-state index contributed by atoms with van der Waals surface area (Å²) in [4.78, 5) is 13.9. The Morgan fingerprint density at radius 1 is 1.50 bits per heavy atom. The molecule has 1 aliphatic carbocycles. The molecule has 2 fully saturated rings. The zero-order chi connectivity index (χ0) is 11.5. The third kappa shape index (κ3) is 2.88. The van der Waals surface area contributed by atoms with Crippen molar-refractivity contribution in [3.8, 4) is 0 Å². The smallest absolute Gasteiger partial charge is 0.317 e. The van der Waals surface area contributed by atoms with Gasteiger partial charge in [0.05, 0.1) is 0 Å². The molecular formula is C12H23N3O. The maximum atomic E-state index is 12.0. The number of likely N-dealkylation sites (tertiary alicyclic amines) is 1. The van der Waals surface area contributed by atoms with Crippen molar-refractivity contribution in [3.63, 3.8) is 0 Å².